The van der Waals surface area contributed by atoms with Crippen molar-refractivity contribution < 1.29 is 0 Å². The molecule has 4 rings (SSSR count). The van der Waals surface area contributed by atoms with Gasteiger partial charge in [0.1, 0.15) is 0 Å². The van der Waals surface area contributed by atoms with Gasteiger partial charge in [-0.1, -0.05) is 308 Å². The van der Waals surface area contributed by atoms with Crippen molar-refractivity contribution in [1.82, 2.24) is 4.90 Å². The molecular weight excluding hydrogens is 627 g/mol. The van der Waals surface area contributed by atoms with Crippen molar-refractivity contribution >= 4 is 0 Å². The zero-order valence-corrected chi connectivity index (χ0v) is 37.4. The number of hydrogen-bond donors (Lipinski definition) is 0. The van der Waals surface area contributed by atoms with Gasteiger partial charge in [0.15, 0.2) is 0 Å². The Labute approximate surface area is 333 Å². The predicted molar refractivity (Wildman–Crippen MR) is 241 cm³/mol. The van der Waals surface area contributed by atoms with Gasteiger partial charge in [-0.15, -0.1) is 0 Å². The molecule has 0 N–H and O–H groups in total. The summed E-state index contributed by atoms with van der Waals surface area (Å²) in [5.41, 5.74) is 0. The van der Waals surface area contributed by atoms with Crippen molar-refractivity contribution in [3.63, 3.8) is 0 Å². The van der Waals surface area contributed by atoms with Crippen molar-refractivity contribution in [3.8, 4) is 0 Å². The molecule has 0 unspecified atom stereocenters. The fourth-order valence-electron chi connectivity index (χ4n) is 8.49. The zero-order valence-electron chi connectivity index (χ0n) is 37.4. The maximum absolute atomic E-state index is 2.00. The van der Waals surface area contributed by atoms with E-state index in [1.54, 1.807) is 0 Å². The smallest absolute Gasteiger partial charge is 0.0140 e. The Hall–Kier alpha value is -0.0400. The molecule has 314 valence electrons. The summed E-state index contributed by atoms with van der Waals surface area (Å²) in [6.07, 6.45) is 72.0. The lowest BCUT2D eigenvalue weighted by atomic mass is 10.0. The molecule has 0 atom stereocenters. The first-order valence-corrected chi connectivity index (χ1v) is 25.3. The van der Waals surface area contributed by atoms with Crippen LogP contribution in [-0.2, 0) is 0 Å². The van der Waals surface area contributed by atoms with Crippen LogP contribution in [0.25, 0.3) is 0 Å². The lowest BCUT2D eigenvalue weighted by Gasteiger charge is -2.05. The predicted octanol–water partition coefficient (Wildman–Crippen LogP) is 18.9. The van der Waals surface area contributed by atoms with Crippen LogP contribution < -0.4 is 0 Å². The number of hydrogen-bond acceptors (Lipinski definition) is 1. The molecule has 0 radical (unpaired) electrons. The van der Waals surface area contributed by atoms with Gasteiger partial charge >= 0.3 is 0 Å². The van der Waals surface area contributed by atoms with Crippen LogP contribution in [0.3, 0.4) is 0 Å². The highest BCUT2D eigenvalue weighted by atomic mass is 15.0. The van der Waals surface area contributed by atoms with E-state index in [0.29, 0.717) is 0 Å². The van der Waals surface area contributed by atoms with Gasteiger partial charge < -0.3 is 4.90 Å². The average Bonchev–Trinajstić information content (AvgIpc) is 3.10. The molecule has 0 spiro atoms. The molecule has 52 heavy (non-hydrogen) atoms. The van der Waals surface area contributed by atoms with Crippen molar-refractivity contribution in [2.45, 2.75) is 308 Å². The van der Waals surface area contributed by atoms with Gasteiger partial charge in [0, 0.05) is 0 Å². The van der Waals surface area contributed by atoms with E-state index in [1.807, 2.05) is 26.0 Å². The van der Waals surface area contributed by atoms with E-state index in [4.69, 9.17) is 0 Å². The maximum atomic E-state index is 2.00. The number of nitrogens with zero attached hydrogens (tertiary/aromatic N) is 1. The Balaban J connectivity index is 0.000000644. The third-order valence-electron chi connectivity index (χ3n) is 12.0. The first-order valence-electron chi connectivity index (χ1n) is 25.3. The summed E-state index contributed by atoms with van der Waals surface area (Å²) in [4.78, 5) is 2.00. The van der Waals surface area contributed by atoms with E-state index in [0.717, 1.165) is 0 Å². The van der Waals surface area contributed by atoms with Crippen LogP contribution in [0.1, 0.15) is 308 Å². The monoisotopic (exact) mass is 732 g/mol. The third-order valence-corrected chi connectivity index (χ3v) is 12.0. The Morgan fingerprint density at radius 2 is 0.135 bits per heavy atom. The van der Waals surface area contributed by atoms with Crippen LogP contribution in [0.2, 0.25) is 0 Å². The van der Waals surface area contributed by atoms with Crippen molar-refractivity contribution in [2.24, 2.45) is 0 Å². The van der Waals surface area contributed by atoms with Crippen LogP contribution in [-0.4, -0.2) is 26.0 Å². The molecule has 4 aliphatic rings. The molecule has 4 saturated carbocycles. The van der Waals surface area contributed by atoms with E-state index >= 15 is 0 Å². The molecule has 0 saturated heterocycles. The van der Waals surface area contributed by atoms with Crippen molar-refractivity contribution in [1.29, 1.82) is 0 Å². The van der Waals surface area contributed by atoms with Crippen LogP contribution >= 0.6 is 0 Å². The molecular formula is C51H105N. The molecule has 0 amide bonds. The van der Waals surface area contributed by atoms with Crippen molar-refractivity contribution in [3.05, 3.63) is 0 Å². The second kappa shape index (κ2) is 49.0. The normalized spacial score (nSPS) is 22.8. The molecule has 1 heteroatoms. The van der Waals surface area contributed by atoms with Crippen LogP contribution in [0, 0.1) is 0 Å². The first-order chi connectivity index (χ1) is 25.7. The standard InChI is InChI=1S/4C12H24.C3H9N/c4*1-2-4-6-8-10-12-11-9-7-5-3-1;1-4(2)3/h4*1-12H2;1-3H3. The maximum Gasteiger partial charge on any atom is -0.0140 e. The molecule has 1 nitrogen and oxygen atoms in total. The first kappa shape index (κ1) is 52.0. The summed E-state index contributed by atoms with van der Waals surface area (Å²) < 4.78 is 0. The quantitative estimate of drug-likeness (QED) is 0.240. The lowest BCUT2D eigenvalue weighted by molar-refractivity contribution is 0.504. The molecule has 0 heterocycles. The minimum Gasteiger partial charge on any atom is -0.312 e. The van der Waals surface area contributed by atoms with Gasteiger partial charge in [-0.25, -0.2) is 0 Å². The Morgan fingerprint density at radius 3 is 0.154 bits per heavy atom. The molecule has 0 aromatic heterocycles. The van der Waals surface area contributed by atoms with Gasteiger partial charge in [0.05, 0.1) is 0 Å². The molecule has 0 bridgehead atoms. The van der Waals surface area contributed by atoms with E-state index in [1.165, 1.54) is 308 Å². The second-order valence-electron chi connectivity index (χ2n) is 18.3. The van der Waals surface area contributed by atoms with Gasteiger partial charge in [0.25, 0.3) is 0 Å². The molecule has 0 aromatic carbocycles. The molecule has 4 fully saturated rings. The summed E-state index contributed by atoms with van der Waals surface area (Å²) in [6.45, 7) is 0. The average molecular weight is 732 g/mol. The van der Waals surface area contributed by atoms with E-state index in [2.05, 4.69) is 0 Å². The highest BCUT2D eigenvalue weighted by Gasteiger charge is 1.99. The summed E-state index contributed by atoms with van der Waals surface area (Å²) in [7, 11) is 6.00. The Kier molecular flexibility index (Phi) is 48.9. The minimum absolute atomic E-state index is 1.50. The van der Waals surface area contributed by atoms with Gasteiger partial charge in [-0.3, -0.25) is 0 Å². The molecule has 4 aliphatic carbocycles. The summed E-state index contributed by atoms with van der Waals surface area (Å²) in [5, 5.41) is 0. The van der Waals surface area contributed by atoms with E-state index < -0.39 is 0 Å². The molecule has 0 aliphatic heterocycles. The fourth-order valence-corrected chi connectivity index (χ4v) is 8.49. The lowest BCUT2D eigenvalue weighted by Crippen LogP contribution is -1.99. The minimum atomic E-state index is 1.50. The second-order valence-corrected chi connectivity index (χ2v) is 18.3. The zero-order chi connectivity index (χ0) is 37.5. The van der Waals surface area contributed by atoms with E-state index in [9.17, 15) is 0 Å². The van der Waals surface area contributed by atoms with Crippen LogP contribution in [0.5, 0.6) is 0 Å². The Morgan fingerprint density at radius 1 is 0.115 bits per heavy atom. The summed E-state index contributed by atoms with van der Waals surface area (Å²) >= 11 is 0. The third kappa shape index (κ3) is 52.1. The number of rotatable bonds is 0. The highest BCUT2D eigenvalue weighted by Crippen LogP contribution is 2.19. The summed E-state index contributed by atoms with van der Waals surface area (Å²) in [6, 6.07) is 0. The van der Waals surface area contributed by atoms with Crippen LogP contribution in [0.4, 0.5) is 0 Å². The topological polar surface area (TPSA) is 3.24 Å². The van der Waals surface area contributed by atoms with E-state index in [-0.39, 0.29) is 0 Å². The Bertz CT molecular complexity index is 313. The highest BCUT2D eigenvalue weighted by molar-refractivity contribution is 4.55. The fraction of sp³-hybridized carbons (Fsp3) is 1.00. The molecule has 0 aromatic rings. The largest absolute Gasteiger partial charge is 0.312 e. The summed E-state index contributed by atoms with van der Waals surface area (Å²) in [5.74, 6) is 0. The van der Waals surface area contributed by atoms with Gasteiger partial charge in [0.2, 0.25) is 0 Å². The SMILES string of the molecule is C1CCCCCCCCCCC1.C1CCCCCCCCCCC1.C1CCCCCCCCCCC1.C1CCCCCCCCCCC1.CN(C)C. The van der Waals surface area contributed by atoms with Crippen LogP contribution in [0.15, 0.2) is 0 Å². The van der Waals surface area contributed by atoms with Gasteiger partial charge in [-0.05, 0) is 21.1 Å². The van der Waals surface area contributed by atoms with Crippen molar-refractivity contribution in [2.75, 3.05) is 21.1 Å². The van der Waals surface area contributed by atoms with Gasteiger partial charge in [-0.2, -0.15) is 0 Å².